The summed E-state index contributed by atoms with van der Waals surface area (Å²) in [7, 11) is 0. The van der Waals surface area contributed by atoms with Crippen LogP contribution >= 0.6 is 11.6 Å². The zero-order valence-electron chi connectivity index (χ0n) is 13.7. The minimum absolute atomic E-state index is 0.0797. The second-order valence-electron chi connectivity index (χ2n) is 5.43. The van der Waals surface area contributed by atoms with Crippen molar-refractivity contribution < 1.29 is 14.3 Å². The first kappa shape index (κ1) is 18.0. The lowest BCUT2D eigenvalue weighted by Gasteiger charge is -2.15. The Labute approximate surface area is 146 Å². The molecule has 24 heavy (non-hydrogen) atoms. The van der Waals surface area contributed by atoms with Crippen LogP contribution in [0.15, 0.2) is 48.5 Å². The van der Waals surface area contributed by atoms with E-state index in [1.807, 2.05) is 26.0 Å². The predicted molar refractivity (Wildman–Crippen MR) is 94.6 cm³/mol. The molecule has 0 aromatic heterocycles. The summed E-state index contributed by atoms with van der Waals surface area (Å²) in [6.45, 7) is 3.63. The summed E-state index contributed by atoms with van der Waals surface area (Å²) in [5.41, 5.74) is 1.61. The summed E-state index contributed by atoms with van der Waals surface area (Å²) in [4.78, 5) is 23.5. The number of rotatable bonds is 7. The third kappa shape index (κ3) is 5.10. The van der Waals surface area contributed by atoms with Gasteiger partial charge in [0.2, 0.25) is 0 Å². The maximum absolute atomic E-state index is 12.0. The van der Waals surface area contributed by atoms with Gasteiger partial charge < -0.3 is 10.1 Å². The fraction of sp³-hybridized carbons (Fsp3) is 0.263. The summed E-state index contributed by atoms with van der Waals surface area (Å²) >= 11 is 5.85. The molecule has 1 atom stereocenters. The molecule has 0 saturated carbocycles. The van der Waals surface area contributed by atoms with E-state index in [1.54, 1.807) is 36.4 Å². The Morgan fingerprint density at radius 1 is 1.08 bits per heavy atom. The normalized spacial score (nSPS) is 11.6. The van der Waals surface area contributed by atoms with Gasteiger partial charge in [-0.3, -0.25) is 9.59 Å². The first-order chi connectivity index (χ1) is 11.5. The number of carbonyl (C=O) groups is 2. The van der Waals surface area contributed by atoms with Crippen LogP contribution in [0.2, 0.25) is 5.02 Å². The van der Waals surface area contributed by atoms with Crippen LogP contribution in [0.4, 0.5) is 0 Å². The predicted octanol–water partition coefficient (Wildman–Crippen LogP) is 4.19. The highest BCUT2D eigenvalue weighted by Crippen LogP contribution is 2.16. The minimum Gasteiger partial charge on any atom is -0.484 e. The lowest BCUT2D eigenvalue weighted by molar-refractivity contribution is -0.123. The molecule has 2 rings (SSSR count). The molecule has 0 fully saturated rings. The van der Waals surface area contributed by atoms with Gasteiger partial charge in [-0.15, -0.1) is 0 Å². The van der Waals surface area contributed by atoms with Crippen LogP contribution < -0.4 is 10.1 Å². The first-order valence-corrected chi connectivity index (χ1v) is 8.18. The Hall–Kier alpha value is -2.33. The fourth-order valence-electron chi connectivity index (χ4n) is 2.21. The van der Waals surface area contributed by atoms with Crippen LogP contribution in [0.25, 0.3) is 0 Å². The Balaban J connectivity index is 1.84. The van der Waals surface area contributed by atoms with Crippen molar-refractivity contribution in [3.8, 4) is 5.75 Å². The molecule has 5 heteroatoms. The summed E-state index contributed by atoms with van der Waals surface area (Å²) < 4.78 is 5.45. The van der Waals surface area contributed by atoms with E-state index in [9.17, 15) is 9.59 Å². The van der Waals surface area contributed by atoms with Crippen molar-refractivity contribution in [1.29, 1.82) is 0 Å². The highest BCUT2D eigenvalue weighted by atomic mass is 35.5. The van der Waals surface area contributed by atoms with Gasteiger partial charge in [0.05, 0.1) is 6.04 Å². The number of carbonyl (C=O) groups excluding carboxylic acids is 2. The van der Waals surface area contributed by atoms with Gasteiger partial charge in [0.15, 0.2) is 12.4 Å². The van der Waals surface area contributed by atoms with Gasteiger partial charge in [-0.25, -0.2) is 0 Å². The maximum atomic E-state index is 12.0. The van der Waals surface area contributed by atoms with Gasteiger partial charge in [0.25, 0.3) is 5.91 Å². The number of ether oxygens (including phenoxy) is 1. The molecule has 0 saturated heterocycles. The molecule has 1 N–H and O–H groups in total. The van der Waals surface area contributed by atoms with Crippen LogP contribution in [0.3, 0.4) is 0 Å². The molecule has 2 aromatic carbocycles. The summed E-state index contributed by atoms with van der Waals surface area (Å²) in [5, 5.41) is 3.52. The minimum atomic E-state index is -0.217. The molecule has 2 aromatic rings. The van der Waals surface area contributed by atoms with Gasteiger partial charge in [-0.2, -0.15) is 0 Å². The van der Waals surface area contributed by atoms with Crippen molar-refractivity contribution in [2.75, 3.05) is 6.61 Å². The van der Waals surface area contributed by atoms with Crippen molar-refractivity contribution in [3.05, 3.63) is 64.7 Å². The monoisotopic (exact) mass is 345 g/mol. The first-order valence-electron chi connectivity index (χ1n) is 7.80. The average molecular weight is 346 g/mol. The summed E-state index contributed by atoms with van der Waals surface area (Å²) in [6.07, 6.45) is 0.463. The Bertz CT molecular complexity index is 696. The molecular weight excluding hydrogens is 326 g/mol. The number of amides is 1. The van der Waals surface area contributed by atoms with E-state index in [0.29, 0.717) is 22.8 Å². The van der Waals surface area contributed by atoms with Gasteiger partial charge in [0, 0.05) is 17.0 Å². The van der Waals surface area contributed by atoms with Crippen LogP contribution in [0.1, 0.15) is 42.2 Å². The average Bonchev–Trinajstić information content (AvgIpc) is 2.60. The zero-order valence-corrected chi connectivity index (χ0v) is 14.5. The molecule has 0 unspecified atom stereocenters. The number of hydrogen-bond donors (Lipinski definition) is 1. The van der Waals surface area contributed by atoms with Crippen LogP contribution in [0, 0.1) is 0 Å². The van der Waals surface area contributed by atoms with Crippen LogP contribution in [-0.4, -0.2) is 18.3 Å². The number of nitrogens with one attached hydrogen (secondary N) is 1. The molecule has 126 valence electrons. The highest BCUT2D eigenvalue weighted by molar-refractivity contribution is 6.30. The number of Topliss-reactive ketones (excluding diaryl/α,β-unsaturated/α-hetero) is 1. The number of hydrogen-bond acceptors (Lipinski definition) is 3. The number of halogens is 1. The molecular formula is C19H20ClNO3. The Kier molecular flexibility index (Phi) is 6.38. The smallest absolute Gasteiger partial charge is 0.258 e. The highest BCUT2D eigenvalue weighted by Gasteiger charge is 2.10. The molecule has 0 radical (unpaired) electrons. The zero-order chi connectivity index (χ0) is 17.5. The van der Waals surface area contributed by atoms with Crippen LogP contribution in [-0.2, 0) is 4.79 Å². The second-order valence-corrected chi connectivity index (χ2v) is 5.87. The van der Waals surface area contributed by atoms with Crippen LogP contribution in [0.5, 0.6) is 5.75 Å². The molecule has 0 aliphatic rings. The number of benzene rings is 2. The van der Waals surface area contributed by atoms with Gasteiger partial charge >= 0.3 is 0 Å². The largest absolute Gasteiger partial charge is 0.484 e. The maximum Gasteiger partial charge on any atom is 0.258 e. The van der Waals surface area contributed by atoms with Crippen molar-refractivity contribution in [3.63, 3.8) is 0 Å². The molecule has 0 aliphatic carbocycles. The van der Waals surface area contributed by atoms with Gasteiger partial charge in [-0.1, -0.05) is 30.7 Å². The SMILES string of the molecule is CCC(=O)c1ccc(OCC(=O)N[C@H](C)c2ccc(Cl)cc2)cc1. The molecule has 0 aliphatic heterocycles. The second kappa shape index (κ2) is 8.50. The van der Waals surface area contributed by atoms with E-state index in [4.69, 9.17) is 16.3 Å². The van der Waals surface area contributed by atoms with Crippen molar-refractivity contribution >= 4 is 23.3 Å². The third-order valence-corrected chi connectivity index (χ3v) is 3.87. The molecule has 1 amide bonds. The van der Waals surface area contributed by atoms with Crippen molar-refractivity contribution in [1.82, 2.24) is 5.32 Å². The lowest BCUT2D eigenvalue weighted by Crippen LogP contribution is -2.31. The standard InChI is InChI=1S/C19H20ClNO3/c1-3-18(22)15-6-10-17(11-7-15)24-12-19(23)21-13(2)14-4-8-16(20)9-5-14/h4-11,13H,3,12H2,1-2H3,(H,21,23)/t13-/m1/s1. The molecule has 0 heterocycles. The van der Waals surface area contributed by atoms with E-state index in [1.165, 1.54) is 0 Å². The number of ketones is 1. The molecule has 4 nitrogen and oxygen atoms in total. The van der Waals surface area contributed by atoms with Crippen molar-refractivity contribution in [2.24, 2.45) is 0 Å². The topological polar surface area (TPSA) is 55.4 Å². The summed E-state index contributed by atoms with van der Waals surface area (Å²) in [5.74, 6) is 0.416. The molecule has 0 bridgehead atoms. The quantitative estimate of drug-likeness (QED) is 0.765. The molecule has 0 spiro atoms. The fourth-order valence-corrected chi connectivity index (χ4v) is 2.33. The summed E-state index contributed by atoms with van der Waals surface area (Å²) in [6, 6.07) is 14.0. The van der Waals surface area contributed by atoms with Gasteiger partial charge in [-0.05, 0) is 48.9 Å². The van der Waals surface area contributed by atoms with E-state index in [-0.39, 0.29) is 24.3 Å². The van der Waals surface area contributed by atoms with E-state index < -0.39 is 0 Å². The van der Waals surface area contributed by atoms with Gasteiger partial charge in [0.1, 0.15) is 5.75 Å². The third-order valence-electron chi connectivity index (χ3n) is 3.61. The Morgan fingerprint density at radius 3 is 2.29 bits per heavy atom. The van der Waals surface area contributed by atoms with Crippen molar-refractivity contribution in [2.45, 2.75) is 26.3 Å². The van der Waals surface area contributed by atoms with E-state index >= 15 is 0 Å². The van der Waals surface area contributed by atoms with E-state index in [0.717, 1.165) is 5.56 Å². The van der Waals surface area contributed by atoms with E-state index in [2.05, 4.69) is 5.32 Å². The Morgan fingerprint density at radius 2 is 1.71 bits per heavy atom. The lowest BCUT2D eigenvalue weighted by atomic mass is 10.1.